The number of para-hydroxylation sites is 1. The Hall–Kier alpha value is -7.21. The molecule has 0 N–H and O–H groups in total. The molecule has 0 aliphatic carbocycles. The molecule has 4 nitrogen and oxygen atoms in total. The first-order valence-electron chi connectivity index (χ1n) is 19.3. The van der Waals surface area contributed by atoms with E-state index in [4.69, 9.17) is 21.5 Å². The third-order valence-corrected chi connectivity index (χ3v) is 15.4. The van der Waals surface area contributed by atoms with Crippen molar-refractivity contribution in [3.8, 4) is 39.9 Å². The fraction of sp³-hybridized carbons (Fsp3) is 0.0192. The van der Waals surface area contributed by atoms with Crippen molar-refractivity contribution < 1.29 is 0 Å². The second-order valence-corrected chi connectivity index (χ2v) is 17.9. The molecule has 0 saturated carbocycles. The molecule has 57 heavy (non-hydrogen) atoms. The molecule has 0 aliphatic heterocycles. The molecule has 9 aromatic rings. The third-order valence-electron chi connectivity index (χ3n) is 10.7. The van der Waals surface area contributed by atoms with Gasteiger partial charge in [-0.25, -0.2) is 15.0 Å². The Labute approximate surface area is 334 Å². The van der Waals surface area contributed by atoms with Gasteiger partial charge in [-0.2, -0.15) is 0 Å². The molecule has 0 radical (unpaired) electrons. The quantitative estimate of drug-likeness (QED) is 0.0795. The Morgan fingerprint density at radius 1 is 0.474 bits per heavy atom. The van der Waals surface area contributed by atoms with Gasteiger partial charge in [0, 0.05) is 33.2 Å². The summed E-state index contributed by atoms with van der Waals surface area (Å²) in [6.45, 7) is 6.87. The summed E-state index contributed by atoms with van der Waals surface area (Å²) in [6.07, 6.45) is 8.45. The van der Waals surface area contributed by atoms with Crippen LogP contribution in [0, 0.1) is 0 Å². The Morgan fingerprint density at radius 2 is 0.982 bits per heavy atom. The second kappa shape index (κ2) is 15.5. The normalized spacial score (nSPS) is 11.9. The maximum Gasteiger partial charge on any atom is 0.179 e. The number of rotatable bonds is 10. The summed E-state index contributed by atoms with van der Waals surface area (Å²) < 4.78 is 2.37. The van der Waals surface area contributed by atoms with E-state index >= 15 is 0 Å². The van der Waals surface area contributed by atoms with E-state index in [-0.39, 0.29) is 0 Å². The van der Waals surface area contributed by atoms with Crippen molar-refractivity contribution >= 4 is 45.4 Å². The predicted octanol–water partition coefficient (Wildman–Crippen LogP) is 10.7. The summed E-state index contributed by atoms with van der Waals surface area (Å²) in [7, 11) is -2.82. The highest BCUT2D eigenvalue weighted by Gasteiger charge is 2.41. The molecule has 0 bridgehead atoms. The number of allylic oxidation sites excluding steroid dienone is 5. The van der Waals surface area contributed by atoms with Crippen LogP contribution < -0.4 is 15.6 Å². The van der Waals surface area contributed by atoms with Crippen LogP contribution in [0.25, 0.3) is 61.7 Å². The van der Waals surface area contributed by atoms with E-state index in [0.29, 0.717) is 17.5 Å². The van der Waals surface area contributed by atoms with Gasteiger partial charge >= 0.3 is 0 Å². The lowest BCUT2D eigenvalue weighted by molar-refractivity contribution is 1.07. The van der Waals surface area contributed by atoms with Crippen LogP contribution in [0.4, 0.5) is 0 Å². The smallest absolute Gasteiger partial charge is 0.179 e. The highest BCUT2D eigenvalue weighted by molar-refractivity contribution is 7.16. The summed E-state index contributed by atoms with van der Waals surface area (Å²) in [4.78, 5) is 15.0. The van der Waals surface area contributed by atoms with Gasteiger partial charge in [0.15, 0.2) is 25.5 Å². The fourth-order valence-corrected chi connectivity index (χ4v) is 12.6. The van der Waals surface area contributed by atoms with Crippen molar-refractivity contribution in [1.29, 1.82) is 0 Å². The van der Waals surface area contributed by atoms with E-state index in [1.807, 2.05) is 67.6 Å². The fourth-order valence-electron chi connectivity index (χ4n) is 8.05. The van der Waals surface area contributed by atoms with Crippen LogP contribution in [0.15, 0.2) is 224 Å². The van der Waals surface area contributed by atoms with Crippen LogP contribution in [0.1, 0.15) is 6.92 Å². The Bertz CT molecular complexity index is 2820. The van der Waals surface area contributed by atoms with E-state index in [2.05, 4.69) is 156 Å². The number of nitrogens with zero attached hydrogens (tertiary/aromatic N) is 4. The first-order valence-corrected chi connectivity index (χ1v) is 21.3. The van der Waals surface area contributed by atoms with E-state index in [0.717, 1.165) is 38.6 Å². The monoisotopic (exact) mass is 748 g/mol. The molecule has 0 fully saturated rings. The van der Waals surface area contributed by atoms with Crippen molar-refractivity contribution in [3.05, 3.63) is 224 Å². The van der Waals surface area contributed by atoms with Gasteiger partial charge in [0.05, 0.1) is 11.0 Å². The van der Waals surface area contributed by atoms with Crippen LogP contribution in [0.5, 0.6) is 0 Å². The van der Waals surface area contributed by atoms with E-state index in [1.165, 1.54) is 26.3 Å². The van der Waals surface area contributed by atoms with E-state index < -0.39 is 8.07 Å². The van der Waals surface area contributed by atoms with Gasteiger partial charge in [-0.1, -0.05) is 200 Å². The Kier molecular flexibility index (Phi) is 9.65. The Morgan fingerprint density at radius 3 is 1.58 bits per heavy atom. The van der Waals surface area contributed by atoms with Crippen molar-refractivity contribution in [3.63, 3.8) is 0 Å². The van der Waals surface area contributed by atoms with Crippen molar-refractivity contribution in [2.24, 2.45) is 0 Å². The van der Waals surface area contributed by atoms with Crippen molar-refractivity contribution in [2.75, 3.05) is 0 Å². The predicted molar refractivity (Wildman–Crippen MR) is 241 cm³/mol. The van der Waals surface area contributed by atoms with Gasteiger partial charge in [0.25, 0.3) is 0 Å². The Balaban J connectivity index is 1.25. The summed E-state index contributed by atoms with van der Waals surface area (Å²) in [6, 6.07) is 66.4. The lowest BCUT2D eigenvalue weighted by atomic mass is 10.1. The maximum atomic E-state index is 5.04. The molecule has 0 saturated heterocycles. The SMILES string of the molecule is C=C(/C=C\C=C/C)[Si](c1ccccc1)(c1ccccc1)c1ccc2c(c1)c1ccccc1n2-c1cccc(-c2nc(-c3ccccc3)nc(-c3ccccc3)n2)c1. The second-order valence-electron chi connectivity index (χ2n) is 14.1. The van der Waals surface area contributed by atoms with Gasteiger partial charge in [-0.3, -0.25) is 0 Å². The van der Waals surface area contributed by atoms with E-state index in [1.54, 1.807) is 0 Å². The summed E-state index contributed by atoms with van der Waals surface area (Å²) in [5.74, 6) is 1.90. The minimum Gasteiger partial charge on any atom is -0.309 e. The molecule has 0 atom stereocenters. The maximum absolute atomic E-state index is 5.04. The number of benzene rings is 7. The zero-order valence-electron chi connectivity index (χ0n) is 31.7. The van der Waals surface area contributed by atoms with Crippen LogP contribution in [0.3, 0.4) is 0 Å². The van der Waals surface area contributed by atoms with Crippen molar-refractivity contribution in [2.45, 2.75) is 6.92 Å². The van der Waals surface area contributed by atoms with Gasteiger partial charge in [-0.15, -0.1) is 0 Å². The van der Waals surface area contributed by atoms with Crippen LogP contribution in [-0.4, -0.2) is 27.6 Å². The molecule has 272 valence electrons. The molecule has 0 amide bonds. The highest BCUT2D eigenvalue weighted by atomic mass is 28.3. The van der Waals surface area contributed by atoms with Crippen molar-refractivity contribution in [1.82, 2.24) is 19.5 Å². The molecule has 2 heterocycles. The first kappa shape index (κ1) is 35.5. The molecule has 9 rings (SSSR count). The standard InChI is InChI=1S/C52H40N4Si/c1-3-4-9-21-38(2)57(43-28-14-7-15-29-43,44-30-16-8-17-31-44)45-34-35-49-47(37-45)46-32-18-19-33-48(46)56(49)42-27-20-26-41(36-42)52-54-50(39-22-10-5-11-23-39)53-51(55-52)40-24-12-6-13-25-40/h3-37H,2H2,1H3/b4-3-,21-9-. The average molecular weight is 749 g/mol. The zero-order valence-corrected chi connectivity index (χ0v) is 32.7. The minimum absolute atomic E-state index is 0.624. The molecule has 0 unspecified atom stereocenters. The first-order chi connectivity index (χ1) is 28.1. The van der Waals surface area contributed by atoms with Gasteiger partial charge < -0.3 is 4.57 Å². The third kappa shape index (κ3) is 6.54. The molecule has 2 aromatic heterocycles. The molecular formula is C52H40N4Si. The van der Waals surface area contributed by atoms with Gasteiger partial charge in [0.2, 0.25) is 0 Å². The van der Waals surface area contributed by atoms with E-state index in [9.17, 15) is 0 Å². The van der Waals surface area contributed by atoms with Crippen LogP contribution in [0.2, 0.25) is 0 Å². The highest BCUT2D eigenvalue weighted by Crippen LogP contribution is 2.34. The summed E-state index contributed by atoms with van der Waals surface area (Å²) in [5.41, 5.74) is 6.09. The molecule has 0 spiro atoms. The number of hydrogen-bond acceptors (Lipinski definition) is 3. The zero-order chi connectivity index (χ0) is 38.6. The number of fused-ring (bicyclic) bond motifs is 3. The molecule has 5 heteroatoms. The summed E-state index contributed by atoms with van der Waals surface area (Å²) >= 11 is 0. The topological polar surface area (TPSA) is 43.6 Å². The largest absolute Gasteiger partial charge is 0.309 e. The van der Waals surface area contributed by atoms with Crippen LogP contribution >= 0.6 is 0 Å². The van der Waals surface area contributed by atoms with Gasteiger partial charge in [-0.05, 0) is 46.7 Å². The van der Waals surface area contributed by atoms with Gasteiger partial charge in [0.1, 0.15) is 0 Å². The lowest BCUT2D eigenvalue weighted by Crippen LogP contribution is -2.68. The number of hydrogen-bond donors (Lipinski definition) is 0. The molecular weight excluding hydrogens is 709 g/mol. The average Bonchev–Trinajstić information content (AvgIpc) is 3.62. The van der Waals surface area contributed by atoms with Crippen LogP contribution in [-0.2, 0) is 0 Å². The molecule has 7 aromatic carbocycles. The number of aromatic nitrogens is 4. The molecule has 0 aliphatic rings. The summed E-state index contributed by atoms with van der Waals surface area (Å²) in [5, 5.41) is 7.38. The lowest BCUT2D eigenvalue weighted by Gasteiger charge is -2.34. The minimum atomic E-state index is -2.82.